The second kappa shape index (κ2) is 3.81. The van der Waals surface area contributed by atoms with Crippen molar-refractivity contribution in [3.63, 3.8) is 0 Å². The zero-order valence-electron chi connectivity index (χ0n) is 10.4. The predicted octanol–water partition coefficient (Wildman–Crippen LogP) is 3.23. The van der Waals surface area contributed by atoms with Gasteiger partial charge < -0.3 is 4.42 Å². The fourth-order valence-corrected chi connectivity index (χ4v) is 2.53. The second-order valence-electron chi connectivity index (χ2n) is 4.58. The Balaban J connectivity index is 1.93. The molecule has 20 heavy (non-hydrogen) atoms. The van der Waals surface area contributed by atoms with Crippen LogP contribution in [0.15, 0.2) is 59.0 Å². The summed E-state index contributed by atoms with van der Waals surface area (Å²) in [6, 6.07) is 16.0. The molecule has 4 rings (SSSR count). The average molecular weight is 263 g/mol. The van der Waals surface area contributed by atoms with E-state index in [0.717, 1.165) is 4.90 Å². The molecule has 0 radical (unpaired) electrons. The van der Waals surface area contributed by atoms with Crippen LogP contribution in [-0.2, 0) is 0 Å². The Kier molecular flexibility index (Phi) is 2.09. The molecule has 2 heterocycles. The maximum atomic E-state index is 12.5. The van der Waals surface area contributed by atoms with Gasteiger partial charge in [-0.05, 0) is 18.2 Å². The van der Waals surface area contributed by atoms with E-state index >= 15 is 0 Å². The van der Waals surface area contributed by atoms with Gasteiger partial charge in [0.05, 0.1) is 11.3 Å². The van der Waals surface area contributed by atoms with Gasteiger partial charge in [0.2, 0.25) is 5.76 Å². The minimum absolute atomic E-state index is 0.125. The monoisotopic (exact) mass is 263 g/mol. The molecule has 0 saturated carbocycles. The summed E-state index contributed by atoms with van der Waals surface area (Å²) in [5.74, 6) is -0.617. The number of furan rings is 1. The molecule has 0 aliphatic carbocycles. The summed E-state index contributed by atoms with van der Waals surface area (Å²) in [6.45, 7) is 0. The van der Waals surface area contributed by atoms with Gasteiger partial charge in [-0.25, -0.2) is 4.90 Å². The van der Waals surface area contributed by atoms with Crippen molar-refractivity contribution in [2.75, 3.05) is 4.90 Å². The van der Waals surface area contributed by atoms with E-state index in [-0.39, 0.29) is 11.7 Å². The molecule has 0 saturated heterocycles. The van der Waals surface area contributed by atoms with Gasteiger partial charge in [0.1, 0.15) is 5.58 Å². The summed E-state index contributed by atoms with van der Waals surface area (Å²) in [4.78, 5) is 26.1. The summed E-state index contributed by atoms with van der Waals surface area (Å²) in [7, 11) is 0. The first kappa shape index (κ1) is 11.0. The Morgan fingerprint density at radius 3 is 2.30 bits per heavy atom. The summed E-state index contributed by atoms with van der Waals surface area (Å²) >= 11 is 0. The van der Waals surface area contributed by atoms with Crippen LogP contribution in [0.5, 0.6) is 0 Å². The van der Waals surface area contributed by atoms with Crippen LogP contribution in [-0.4, -0.2) is 11.8 Å². The van der Waals surface area contributed by atoms with Gasteiger partial charge in [-0.1, -0.05) is 36.4 Å². The van der Waals surface area contributed by atoms with E-state index in [9.17, 15) is 9.59 Å². The Labute approximate surface area is 114 Å². The molecular weight excluding hydrogens is 254 g/mol. The van der Waals surface area contributed by atoms with Crippen molar-refractivity contribution in [2.24, 2.45) is 0 Å². The summed E-state index contributed by atoms with van der Waals surface area (Å²) < 4.78 is 5.53. The number of carbonyl (C=O) groups is 2. The fourth-order valence-electron chi connectivity index (χ4n) is 2.53. The first-order chi connectivity index (χ1) is 9.77. The molecule has 1 aliphatic heterocycles. The van der Waals surface area contributed by atoms with E-state index in [0.29, 0.717) is 22.2 Å². The first-order valence-corrected chi connectivity index (χ1v) is 6.23. The van der Waals surface area contributed by atoms with Crippen molar-refractivity contribution in [2.45, 2.75) is 0 Å². The molecule has 3 aromatic rings. The smallest absolute Gasteiger partial charge is 0.301 e. The third-order valence-corrected chi connectivity index (χ3v) is 3.42. The number of carbonyl (C=O) groups excluding carboxylic acids is 2. The minimum atomic E-state index is -0.410. The molecule has 4 nitrogen and oxygen atoms in total. The molecule has 0 unspecified atom stereocenters. The van der Waals surface area contributed by atoms with Gasteiger partial charge in [-0.2, -0.15) is 0 Å². The molecule has 0 N–H and O–H groups in total. The van der Waals surface area contributed by atoms with Crippen LogP contribution in [0, 0.1) is 0 Å². The molecular formula is C16H9NO3. The number of hydrogen-bond donors (Lipinski definition) is 0. The van der Waals surface area contributed by atoms with Gasteiger partial charge in [0.15, 0.2) is 0 Å². The highest BCUT2D eigenvalue weighted by Gasteiger charge is 2.41. The second-order valence-corrected chi connectivity index (χ2v) is 4.58. The van der Waals surface area contributed by atoms with Crippen molar-refractivity contribution < 1.29 is 14.0 Å². The summed E-state index contributed by atoms with van der Waals surface area (Å²) in [6.07, 6.45) is 0. The molecule has 1 aliphatic rings. The van der Waals surface area contributed by atoms with Gasteiger partial charge in [0.25, 0.3) is 5.91 Å². The molecule has 2 amide bonds. The third kappa shape index (κ3) is 1.30. The lowest BCUT2D eigenvalue weighted by atomic mass is 10.1. The van der Waals surface area contributed by atoms with Crippen LogP contribution in [0.4, 0.5) is 5.69 Å². The molecule has 0 bridgehead atoms. The van der Waals surface area contributed by atoms with Crippen LogP contribution in [0.1, 0.15) is 20.9 Å². The highest BCUT2D eigenvalue weighted by Crippen LogP contribution is 2.35. The highest BCUT2D eigenvalue weighted by atomic mass is 16.4. The molecule has 0 fully saturated rings. The predicted molar refractivity (Wildman–Crippen MR) is 73.8 cm³/mol. The normalized spacial score (nSPS) is 14.1. The SMILES string of the molecule is O=C1c2oc3ccccc3c2C(=O)N1c1ccccc1. The number of imide groups is 1. The van der Waals surface area contributed by atoms with E-state index in [1.165, 1.54) is 0 Å². The number of para-hydroxylation sites is 2. The lowest BCUT2D eigenvalue weighted by Crippen LogP contribution is -2.29. The number of rotatable bonds is 1. The standard InChI is InChI=1S/C16H9NO3/c18-15-13-11-8-4-5-9-12(11)20-14(13)16(19)17(15)10-6-2-1-3-7-10/h1-9H. The maximum absolute atomic E-state index is 12.5. The van der Waals surface area contributed by atoms with Crippen LogP contribution < -0.4 is 4.90 Å². The lowest BCUT2D eigenvalue weighted by molar-refractivity contribution is 0.0916. The molecule has 1 aromatic heterocycles. The quantitative estimate of drug-likeness (QED) is 0.633. The topological polar surface area (TPSA) is 50.5 Å². The Morgan fingerprint density at radius 1 is 0.800 bits per heavy atom. The molecule has 96 valence electrons. The van der Waals surface area contributed by atoms with Crippen molar-refractivity contribution in [3.05, 3.63) is 65.9 Å². The van der Waals surface area contributed by atoms with Crippen LogP contribution in [0.25, 0.3) is 11.0 Å². The Hall–Kier alpha value is -2.88. The van der Waals surface area contributed by atoms with Gasteiger partial charge in [-0.15, -0.1) is 0 Å². The van der Waals surface area contributed by atoms with Crippen LogP contribution in [0.3, 0.4) is 0 Å². The van der Waals surface area contributed by atoms with Gasteiger partial charge in [0, 0.05) is 5.39 Å². The summed E-state index contributed by atoms with van der Waals surface area (Å²) in [5, 5.41) is 0.680. The van der Waals surface area contributed by atoms with Crippen molar-refractivity contribution in [3.8, 4) is 0 Å². The van der Waals surface area contributed by atoms with Gasteiger partial charge in [-0.3, -0.25) is 9.59 Å². The maximum Gasteiger partial charge on any atom is 0.301 e. The minimum Gasteiger partial charge on any atom is -0.450 e. The lowest BCUT2D eigenvalue weighted by Gasteiger charge is -2.13. The largest absolute Gasteiger partial charge is 0.450 e. The number of anilines is 1. The number of benzene rings is 2. The molecule has 0 atom stereocenters. The average Bonchev–Trinajstić information content (AvgIpc) is 2.97. The van der Waals surface area contributed by atoms with Crippen LogP contribution >= 0.6 is 0 Å². The van der Waals surface area contributed by atoms with Crippen molar-refractivity contribution in [1.82, 2.24) is 0 Å². The number of amides is 2. The molecule has 4 heteroatoms. The fraction of sp³-hybridized carbons (Fsp3) is 0. The van der Waals surface area contributed by atoms with Crippen LogP contribution in [0.2, 0.25) is 0 Å². The zero-order chi connectivity index (χ0) is 13.7. The van der Waals surface area contributed by atoms with Gasteiger partial charge >= 0.3 is 5.91 Å². The van der Waals surface area contributed by atoms with Crippen molar-refractivity contribution in [1.29, 1.82) is 0 Å². The number of fused-ring (bicyclic) bond motifs is 3. The third-order valence-electron chi connectivity index (χ3n) is 3.42. The van der Waals surface area contributed by atoms with E-state index in [4.69, 9.17) is 4.42 Å². The Bertz CT molecular complexity index is 849. The molecule has 2 aromatic carbocycles. The molecule has 0 spiro atoms. The van der Waals surface area contributed by atoms with E-state index < -0.39 is 5.91 Å². The van der Waals surface area contributed by atoms with E-state index in [1.807, 2.05) is 18.2 Å². The summed E-state index contributed by atoms with van der Waals surface area (Å²) in [5.41, 5.74) is 1.47. The van der Waals surface area contributed by atoms with Crippen molar-refractivity contribution >= 4 is 28.5 Å². The first-order valence-electron chi connectivity index (χ1n) is 6.23. The number of hydrogen-bond acceptors (Lipinski definition) is 3. The highest BCUT2D eigenvalue weighted by molar-refractivity contribution is 6.36. The zero-order valence-corrected chi connectivity index (χ0v) is 10.4. The number of nitrogens with zero attached hydrogens (tertiary/aromatic N) is 1. The van der Waals surface area contributed by atoms with E-state index in [1.54, 1.807) is 36.4 Å². The Morgan fingerprint density at radius 2 is 1.50 bits per heavy atom. The van der Waals surface area contributed by atoms with E-state index in [2.05, 4.69) is 0 Å².